The first-order valence-electron chi connectivity index (χ1n) is 20.4. The maximum Gasteiger partial charge on any atom is 0.143 e. The van der Waals surface area contributed by atoms with Gasteiger partial charge in [0, 0.05) is 43.9 Å². The van der Waals surface area contributed by atoms with Crippen LogP contribution in [0.3, 0.4) is 0 Å². The van der Waals surface area contributed by atoms with Crippen molar-refractivity contribution >= 4 is 54.5 Å². The van der Waals surface area contributed by atoms with Crippen LogP contribution in [0, 0.1) is 0 Å². The van der Waals surface area contributed by atoms with Crippen LogP contribution in [0.25, 0.3) is 116 Å². The highest BCUT2D eigenvalue weighted by Gasteiger charge is 2.18. The summed E-state index contributed by atoms with van der Waals surface area (Å²) in [5, 5.41) is 7.13. The molecule has 0 spiro atoms. The molecule has 12 rings (SSSR count). The molecule has 0 aliphatic rings. The quantitative estimate of drug-likeness (QED) is 0.169. The van der Waals surface area contributed by atoms with Gasteiger partial charge in [-0.05, 0) is 87.1 Å². The zero-order valence-corrected chi connectivity index (χ0v) is 32.6. The number of fused-ring (bicyclic) bond motifs is 7. The lowest BCUT2D eigenvalue weighted by Crippen LogP contribution is -1.95. The zero-order chi connectivity index (χ0) is 39.6. The molecule has 280 valence electrons. The summed E-state index contributed by atoms with van der Waals surface area (Å²) in [6, 6.07) is 78.0. The molecule has 3 heterocycles. The highest BCUT2D eigenvalue weighted by atomic mass is 16.3. The fraction of sp³-hybridized carbons (Fsp3) is 0. The minimum atomic E-state index is 0.910. The molecule has 0 radical (unpaired) electrons. The Morgan fingerprint density at radius 3 is 1.63 bits per heavy atom. The molecule has 0 atom stereocenters. The van der Waals surface area contributed by atoms with Gasteiger partial charge in [-0.3, -0.25) is 0 Å². The van der Waals surface area contributed by atoms with Crippen LogP contribution < -0.4 is 0 Å². The maximum atomic E-state index is 6.50. The van der Waals surface area contributed by atoms with Gasteiger partial charge in [0.15, 0.2) is 0 Å². The van der Waals surface area contributed by atoms with Gasteiger partial charge in [-0.25, -0.2) is 4.98 Å². The molecule has 0 amide bonds. The second-order valence-electron chi connectivity index (χ2n) is 15.5. The Kier molecular flexibility index (Phi) is 7.85. The van der Waals surface area contributed by atoms with Crippen LogP contribution in [0.15, 0.2) is 223 Å². The Bertz CT molecular complexity index is 3520. The van der Waals surface area contributed by atoms with E-state index in [4.69, 9.17) is 9.40 Å². The van der Waals surface area contributed by atoms with Crippen molar-refractivity contribution in [2.45, 2.75) is 0 Å². The minimum Gasteiger partial charge on any atom is -0.455 e. The van der Waals surface area contributed by atoms with Crippen molar-refractivity contribution in [3.63, 3.8) is 0 Å². The largest absolute Gasteiger partial charge is 0.455 e. The average molecular weight is 765 g/mol. The fourth-order valence-corrected chi connectivity index (χ4v) is 9.19. The van der Waals surface area contributed by atoms with Gasteiger partial charge in [0.1, 0.15) is 11.2 Å². The summed E-state index contributed by atoms with van der Waals surface area (Å²) in [5.74, 6) is 0. The zero-order valence-electron chi connectivity index (χ0n) is 32.6. The van der Waals surface area contributed by atoms with E-state index in [2.05, 4.69) is 205 Å². The van der Waals surface area contributed by atoms with E-state index in [0.717, 1.165) is 61.3 Å². The van der Waals surface area contributed by atoms with E-state index >= 15 is 0 Å². The molecule has 0 fully saturated rings. The molecule has 3 nitrogen and oxygen atoms in total. The summed E-state index contributed by atoms with van der Waals surface area (Å²) in [6.07, 6.45) is 0. The predicted octanol–water partition coefficient (Wildman–Crippen LogP) is 15.6. The Morgan fingerprint density at radius 2 is 0.867 bits per heavy atom. The molecule has 0 unspecified atom stereocenters. The van der Waals surface area contributed by atoms with Crippen LogP contribution >= 0.6 is 0 Å². The SMILES string of the molecule is c1ccc(-c2cc(-c3ccccc3)nc(-c3ccc(-n4c5ccccc5c5cc(-c6cccc7c(-c8cccc9c8oc8ccccc89)cccc67)ccc54)cc3)c2)cc1. The number of aromatic nitrogens is 2. The van der Waals surface area contributed by atoms with Gasteiger partial charge >= 0.3 is 0 Å². The van der Waals surface area contributed by atoms with Crippen molar-refractivity contribution in [3.8, 4) is 61.6 Å². The molecular weight excluding hydrogens is 729 g/mol. The van der Waals surface area contributed by atoms with E-state index in [9.17, 15) is 0 Å². The van der Waals surface area contributed by atoms with Gasteiger partial charge in [-0.15, -0.1) is 0 Å². The van der Waals surface area contributed by atoms with Crippen LogP contribution in [0.1, 0.15) is 0 Å². The van der Waals surface area contributed by atoms with E-state index in [-0.39, 0.29) is 0 Å². The highest BCUT2D eigenvalue weighted by Crippen LogP contribution is 2.42. The van der Waals surface area contributed by atoms with Crippen LogP contribution in [0.2, 0.25) is 0 Å². The molecule has 3 heteroatoms. The molecule has 12 aromatic rings. The summed E-state index contributed by atoms with van der Waals surface area (Å²) >= 11 is 0. The van der Waals surface area contributed by atoms with E-state index < -0.39 is 0 Å². The first kappa shape index (κ1) is 34.1. The number of furan rings is 1. The summed E-state index contributed by atoms with van der Waals surface area (Å²) in [6.45, 7) is 0. The van der Waals surface area contributed by atoms with Crippen LogP contribution in [0.4, 0.5) is 0 Å². The van der Waals surface area contributed by atoms with Gasteiger partial charge in [0.2, 0.25) is 0 Å². The third-order valence-corrected chi connectivity index (χ3v) is 12.0. The first-order chi connectivity index (χ1) is 29.7. The maximum absolute atomic E-state index is 6.50. The Labute approximate surface area is 347 Å². The Balaban J connectivity index is 0.958. The number of hydrogen-bond acceptors (Lipinski definition) is 2. The molecule has 0 saturated carbocycles. The molecule has 3 aromatic heterocycles. The average Bonchev–Trinajstić information content (AvgIpc) is 3.87. The molecule has 60 heavy (non-hydrogen) atoms. The van der Waals surface area contributed by atoms with E-state index in [1.807, 2.05) is 18.2 Å². The number of hydrogen-bond donors (Lipinski definition) is 0. The second-order valence-corrected chi connectivity index (χ2v) is 15.5. The van der Waals surface area contributed by atoms with E-state index in [1.165, 1.54) is 54.8 Å². The van der Waals surface area contributed by atoms with Crippen molar-refractivity contribution in [2.24, 2.45) is 0 Å². The van der Waals surface area contributed by atoms with Crippen molar-refractivity contribution < 1.29 is 4.42 Å². The number of pyridine rings is 1. The lowest BCUT2D eigenvalue weighted by molar-refractivity contribution is 0.670. The minimum absolute atomic E-state index is 0.910. The molecule has 0 aliphatic heterocycles. The smallest absolute Gasteiger partial charge is 0.143 e. The van der Waals surface area contributed by atoms with Gasteiger partial charge in [-0.2, -0.15) is 0 Å². The highest BCUT2D eigenvalue weighted by molar-refractivity contribution is 6.15. The number of rotatable bonds is 6. The summed E-state index contributed by atoms with van der Waals surface area (Å²) in [7, 11) is 0. The molecule has 0 aliphatic carbocycles. The Morgan fingerprint density at radius 1 is 0.317 bits per heavy atom. The van der Waals surface area contributed by atoms with Crippen LogP contribution in [0.5, 0.6) is 0 Å². The van der Waals surface area contributed by atoms with Crippen molar-refractivity contribution in [3.05, 3.63) is 218 Å². The molecule has 0 N–H and O–H groups in total. The van der Waals surface area contributed by atoms with E-state index in [1.54, 1.807) is 0 Å². The first-order valence-corrected chi connectivity index (χ1v) is 20.4. The molecule has 0 bridgehead atoms. The van der Waals surface area contributed by atoms with Gasteiger partial charge < -0.3 is 8.98 Å². The van der Waals surface area contributed by atoms with Gasteiger partial charge in [0.25, 0.3) is 0 Å². The van der Waals surface area contributed by atoms with Crippen molar-refractivity contribution in [1.29, 1.82) is 0 Å². The van der Waals surface area contributed by atoms with Crippen LogP contribution in [-0.4, -0.2) is 9.55 Å². The Hall–Kier alpha value is -8.01. The van der Waals surface area contributed by atoms with E-state index in [0.29, 0.717) is 0 Å². The molecule has 9 aromatic carbocycles. The van der Waals surface area contributed by atoms with Gasteiger partial charge in [-0.1, -0.05) is 170 Å². The van der Waals surface area contributed by atoms with Gasteiger partial charge in [0.05, 0.1) is 22.4 Å². The number of benzene rings is 9. The summed E-state index contributed by atoms with van der Waals surface area (Å²) < 4.78 is 8.88. The van der Waals surface area contributed by atoms with Crippen molar-refractivity contribution in [2.75, 3.05) is 0 Å². The molecule has 0 saturated heterocycles. The monoisotopic (exact) mass is 764 g/mol. The van der Waals surface area contributed by atoms with Crippen LogP contribution in [-0.2, 0) is 0 Å². The normalized spacial score (nSPS) is 11.7. The van der Waals surface area contributed by atoms with Crippen molar-refractivity contribution in [1.82, 2.24) is 9.55 Å². The lowest BCUT2D eigenvalue weighted by Gasteiger charge is -2.13. The third kappa shape index (κ3) is 5.55. The second kappa shape index (κ2) is 13.8. The lowest BCUT2D eigenvalue weighted by atomic mass is 9.92. The number of para-hydroxylation sites is 3. The number of nitrogens with zero attached hydrogens (tertiary/aromatic N) is 2. The third-order valence-electron chi connectivity index (χ3n) is 12.0. The predicted molar refractivity (Wildman–Crippen MR) is 251 cm³/mol. The summed E-state index contributed by atoms with van der Waals surface area (Å²) in [5.41, 5.74) is 16.3. The topological polar surface area (TPSA) is 31.0 Å². The molecular formula is C57H36N2O. The fourth-order valence-electron chi connectivity index (χ4n) is 9.19. The standard InChI is InChI=1S/C57H36N2O/c1-3-14-37(15-4-1)41-35-52(38-16-5-2-6-17-38)58-53(36-41)39-28-31-42(32-29-39)59-54-26-9-7-18-47(54)51-34-40(30-33-55(51)59)43-20-11-22-45-44(43)21-12-23-46(45)49-24-13-25-50-48-19-8-10-27-56(48)60-57(49)50/h1-36H. The summed E-state index contributed by atoms with van der Waals surface area (Å²) in [4.78, 5) is 5.19.